The van der Waals surface area contributed by atoms with Gasteiger partial charge < -0.3 is 10.1 Å². The molecule has 1 N–H and O–H groups in total. The molecule has 2 unspecified atom stereocenters. The van der Waals surface area contributed by atoms with Crippen molar-refractivity contribution in [3.8, 4) is 5.75 Å². The van der Waals surface area contributed by atoms with Crippen LogP contribution in [0, 0.1) is 0 Å². The van der Waals surface area contributed by atoms with E-state index in [2.05, 4.69) is 58.1 Å². The lowest BCUT2D eigenvalue weighted by atomic mass is 9.99. The molecule has 118 valence electrons. The summed E-state index contributed by atoms with van der Waals surface area (Å²) in [6.07, 6.45) is 6.41. The summed E-state index contributed by atoms with van der Waals surface area (Å²) in [5.74, 6) is 2.23. The second-order valence-corrected chi connectivity index (χ2v) is 7.84. The van der Waals surface area contributed by atoms with Gasteiger partial charge in [0.25, 0.3) is 0 Å². The minimum Gasteiger partial charge on any atom is -0.496 e. The first-order chi connectivity index (χ1) is 10.2. The highest BCUT2D eigenvalue weighted by molar-refractivity contribution is 9.10. The molecule has 1 saturated heterocycles. The van der Waals surface area contributed by atoms with Crippen LogP contribution < -0.4 is 10.1 Å². The van der Waals surface area contributed by atoms with Gasteiger partial charge in [0.1, 0.15) is 5.75 Å². The van der Waals surface area contributed by atoms with Crippen LogP contribution in [-0.2, 0) is 6.42 Å². The maximum absolute atomic E-state index is 5.32. The van der Waals surface area contributed by atoms with Gasteiger partial charge in [0.05, 0.1) is 11.6 Å². The fraction of sp³-hybridized carbons (Fsp3) is 0.647. The number of rotatable bonds is 7. The van der Waals surface area contributed by atoms with Crippen molar-refractivity contribution in [3.05, 3.63) is 28.2 Å². The van der Waals surface area contributed by atoms with E-state index in [1.54, 1.807) is 7.11 Å². The van der Waals surface area contributed by atoms with Crippen molar-refractivity contribution in [3.63, 3.8) is 0 Å². The molecular formula is C17H26BrNOS. The molecule has 0 aromatic heterocycles. The van der Waals surface area contributed by atoms with E-state index >= 15 is 0 Å². The van der Waals surface area contributed by atoms with Crippen LogP contribution in [0.5, 0.6) is 5.75 Å². The quantitative estimate of drug-likeness (QED) is 0.753. The molecule has 0 saturated carbocycles. The number of halogens is 1. The molecule has 0 aliphatic carbocycles. The van der Waals surface area contributed by atoms with E-state index in [9.17, 15) is 0 Å². The van der Waals surface area contributed by atoms with Crippen LogP contribution in [0.25, 0.3) is 0 Å². The van der Waals surface area contributed by atoms with Crippen LogP contribution >= 0.6 is 27.7 Å². The monoisotopic (exact) mass is 371 g/mol. The average Bonchev–Trinajstić information content (AvgIpc) is 2.52. The Morgan fingerprint density at radius 3 is 2.90 bits per heavy atom. The number of thioether (sulfide) groups is 1. The Morgan fingerprint density at radius 1 is 1.43 bits per heavy atom. The lowest BCUT2D eigenvalue weighted by molar-refractivity contribution is 0.411. The summed E-state index contributed by atoms with van der Waals surface area (Å²) in [6, 6.07) is 7.03. The van der Waals surface area contributed by atoms with E-state index in [4.69, 9.17) is 4.74 Å². The van der Waals surface area contributed by atoms with E-state index in [-0.39, 0.29) is 0 Å². The molecule has 0 radical (unpaired) electrons. The van der Waals surface area contributed by atoms with Crippen molar-refractivity contribution in [2.24, 2.45) is 0 Å². The Morgan fingerprint density at radius 2 is 2.29 bits per heavy atom. The summed E-state index contributed by atoms with van der Waals surface area (Å²) in [5.41, 5.74) is 1.38. The normalized spacial score (nSPS) is 20.2. The maximum atomic E-state index is 5.32. The smallest absolute Gasteiger partial charge is 0.133 e. The fourth-order valence-electron chi connectivity index (χ4n) is 2.84. The van der Waals surface area contributed by atoms with Gasteiger partial charge in [-0.15, -0.1) is 0 Å². The molecule has 0 bridgehead atoms. The third kappa shape index (κ3) is 5.19. The summed E-state index contributed by atoms with van der Waals surface area (Å²) in [4.78, 5) is 0. The second kappa shape index (κ2) is 9.06. The van der Waals surface area contributed by atoms with Gasteiger partial charge in [-0.3, -0.25) is 0 Å². The number of hydrogen-bond donors (Lipinski definition) is 1. The molecule has 0 spiro atoms. The Balaban J connectivity index is 2.04. The Kier molecular flexibility index (Phi) is 7.41. The van der Waals surface area contributed by atoms with Crippen LogP contribution in [0.15, 0.2) is 22.7 Å². The second-order valence-electron chi connectivity index (χ2n) is 5.64. The first-order valence-corrected chi connectivity index (χ1v) is 9.76. The SMILES string of the molecule is CCCNC(Cc1ccc(OC)c(Br)c1)C1CCCCS1. The van der Waals surface area contributed by atoms with Crippen molar-refractivity contribution < 1.29 is 4.74 Å². The standard InChI is InChI=1S/C17H26BrNOS/c1-3-9-19-15(17-6-4-5-10-21-17)12-13-7-8-16(20-2)14(18)11-13/h7-8,11,15,17,19H,3-6,9-10,12H2,1-2H3. The molecule has 2 nitrogen and oxygen atoms in total. The van der Waals surface area contributed by atoms with E-state index in [1.807, 2.05) is 0 Å². The predicted octanol–water partition coefficient (Wildman–Crippen LogP) is 4.65. The largest absolute Gasteiger partial charge is 0.496 e. The molecule has 4 heteroatoms. The third-order valence-corrected chi connectivity index (χ3v) is 6.13. The van der Waals surface area contributed by atoms with Crippen LogP contribution in [0.1, 0.15) is 38.2 Å². The number of hydrogen-bond acceptors (Lipinski definition) is 3. The van der Waals surface area contributed by atoms with Gasteiger partial charge in [0, 0.05) is 11.3 Å². The number of methoxy groups -OCH3 is 1. The first-order valence-electron chi connectivity index (χ1n) is 7.92. The molecule has 1 heterocycles. The van der Waals surface area contributed by atoms with Crippen molar-refractivity contribution in [1.29, 1.82) is 0 Å². The van der Waals surface area contributed by atoms with Crippen molar-refractivity contribution in [2.75, 3.05) is 19.4 Å². The van der Waals surface area contributed by atoms with Gasteiger partial charge >= 0.3 is 0 Å². The van der Waals surface area contributed by atoms with Gasteiger partial charge in [-0.25, -0.2) is 0 Å². The molecule has 1 aliphatic rings. The summed E-state index contributed by atoms with van der Waals surface area (Å²) in [5, 5.41) is 4.52. The third-order valence-electron chi connectivity index (χ3n) is 3.99. The first kappa shape index (κ1) is 17.2. The average molecular weight is 372 g/mol. The van der Waals surface area contributed by atoms with Crippen molar-refractivity contribution in [2.45, 2.75) is 50.3 Å². The molecule has 0 amide bonds. The zero-order valence-electron chi connectivity index (χ0n) is 13.0. The topological polar surface area (TPSA) is 21.3 Å². The van der Waals surface area contributed by atoms with Crippen LogP contribution in [0.4, 0.5) is 0 Å². The minimum absolute atomic E-state index is 0.579. The van der Waals surface area contributed by atoms with Gasteiger partial charge in [-0.05, 0) is 71.6 Å². The highest BCUT2D eigenvalue weighted by Crippen LogP contribution is 2.31. The molecule has 1 aliphatic heterocycles. The van der Waals surface area contributed by atoms with Crippen LogP contribution in [0.2, 0.25) is 0 Å². The Bertz CT molecular complexity index is 435. The van der Waals surface area contributed by atoms with Crippen molar-refractivity contribution in [1.82, 2.24) is 5.32 Å². The zero-order valence-corrected chi connectivity index (χ0v) is 15.4. The summed E-state index contributed by atoms with van der Waals surface area (Å²) in [7, 11) is 1.71. The maximum Gasteiger partial charge on any atom is 0.133 e. The summed E-state index contributed by atoms with van der Waals surface area (Å²) >= 11 is 5.75. The van der Waals surface area contributed by atoms with E-state index in [0.717, 1.165) is 28.4 Å². The van der Waals surface area contributed by atoms with Crippen LogP contribution in [-0.4, -0.2) is 30.7 Å². The van der Waals surface area contributed by atoms with Gasteiger partial charge in [0.15, 0.2) is 0 Å². The molecule has 1 aromatic carbocycles. The highest BCUT2D eigenvalue weighted by Gasteiger charge is 2.24. The molecular weight excluding hydrogens is 346 g/mol. The lowest BCUT2D eigenvalue weighted by Crippen LogP contribution is -2.41. The molecule has 2 rings (SSSR count). The minimum atomic E-state index is 0.579. The highest BCUT2D eigenvalue weighted by atomic mass is 79.9. The Hall–Kier alpha value is -0.190. The van der Waals surface area contributed by atoms with E-state index < -0.39 is 0 Å². The van der Waals surface area contributed by atoms with Gasteiger partial charge in [0.2, 0.25) is 0 Å². The molecule has 1 fully saturated rings. The fourth-order valence-corrected chi connectivity index (χ4v) is 4.86. The Labute approximate surface area is 141 Å². The lowest BCUT2D eigenvalue weighted by Gasteiger charge is -2.31. The number of benzene rings is 1. The number of nitrogens with one attached hydrogen (secondary N) is 1. The van der Waals surface area contributed by atoms with Crippen molar-refractivity contribution >= 4 is 27.7 Å². The van der Waals surface area contributed by atoms with E-state index in [1.165, 1.54) is 37.0 Å². The van der Waals surface area contributed by atoms with E-state index in [0.29, 0.717) is 6.04 Å². The summed E-state index contributed by atoms with van der Waals surface area (Å²) in [6.45, 7) is 3.35. The molecule has 1 aromatic rings. The van der Waals surface area contributed by atoms with Gasteiger partial charge in [-0.2, -0.15) is 11.8 Å². The predicted molar refractivity (Wildman–Crippen MR) is 96.6 cm³/mol. The number of ether oxygens (including phenoxy) is 1. The van der Waals surface area contributed by atoms with Crippen LogP contribution in [0.3, 0.4) is 0 Å². The molecule has 2 atom stereocenters. The van der Waals surface area contributed by atoms with Gasteiger partial charge in [-0.1, -0.05) is 19.4 Å². The molecule has 21 heavy (non-hydrogen) atoms. The zero-order chi connectivity index (χ0) is 15.1. The summed E-state index contributed by atoms with van der Waals surface area (Å²) < 4.78 is 6.37.